The van der Waals surface area contributed by atoms with Crippen molar-refractivity contribution >= 4 is 18.0 Å². The number of cyclic esters (lactones) is 1. The predicted octanol–water partition coefficient (Wildman–Crippen LogP) is 4.90. The maximum Gasteiger partial charge on any atom is 0.417 e. The molecule has 2 aromatic carbocycles. The lowest BCUT2D eigenvalue weighted by Crippen LogP contribution is -2.69. The number of unbranched alkanes of at least 4 members (excludes halogenated alkanes) is 3. The number of hydrogen-bond acceptors (Lipinski definition) is 7. The van der Waals surface area contributed by atoms with Crippen molar-refractivity contribution in [1.82, 2.24) is 15.1 Å². The Morgan fingerprint density at radius 1 is 1.07 bits per heavy atom. The third-order valence-corrected chi connectivity index (χ3v) is 8.76. The van der Waals surface area contributed by atoms with Gasteiger partial charge >= 0.3 is 12.1 Å². The molecule has 0 bridgehead atoms. The van der Waals surface area contributed by atoms with Crippen LogP contribution in [0.4, 0.5) is 4.79 Å². The topological polar surface area (TPSA) is 88.2 Å². The van der Waals surface area contributed by atoms with Crippen LogP contribution in [0, 0.1) is 17.3 Å². The lowest BCUT2D eigenvalue weighted by Gasteiger charge is -2.50. The standard InChI is InChI=1S/C32H41N3O5/c1-3-4-5-8-13-23(2)29(37)40-30-32(21-33-30)22-34(18-24-14-9-6-10-15-24)19-26(32)28(36)35-27(20-39-31(35)38)25-16-11-7-12-17-25/h6-7,9-12,14-17,23,26-27,30,33H,3-5,8,13,18-22H2,1-2H3/t23?,26?,27-,30?,32?/m0/s1. The Labute approximate surface area is 237 Å². The number of carbonyl (C=O) groups is 3. The number of hydrogen-bond donors (Lipinski definition) is 1. The molecule has 4 unspecified atom stereocenters. The van der Waals surface area contributed by atoms with Crippen molar-refractivity contribution in [2.24, 2.45) is 17.3 Å². The van der Waals surface area contributed by atoms with Gasteiger partial charge in [-0.2, -0.15) is 0 Å². The summed E-state index contributed by atoms with van der Waals surface area (Å²) in [6, 6.07) is 19.2. The quantitative estimate of drug-likeness (QED) is 0.316. The van der Waals surface area contributed by atoms with Crippen LogP contribution in [0.5, 0.6) is 0 Å². The van der Waals surface area contributed by atoms with Crippen molar-refractivity contribution in [1.29, 1.82) is 0 Å². The van der Waals surface area contributed by atoms with Gasteiger partial charge in [-0.1, -0.05) is 100 Å². The third-order valence-electron chi connectivity index (χ3n) is 8.76. The van der Waals surface area contributed by atoms with E-state index in [2.05, 4.69) is 29.3 Å². The number of ether oxygens (including phenoxy) is 2. The molecular formula is C32H41N3O5. The molecule has 2 aromatic rings. The fourth-order valence-electron chi connectivity index (χ4n) is 6.35. The Balaban J connectivity index is 1.36. The van der Waals surface area contributed by atoms with E-state index in [0.29, 0.717) is 26.2 Å². The Hall–Kier alpha value is -3.23. The second-order valence-corrected chi connectivity index (χ2v) is 11.6. The zero-order chi connectivity index (χ0) is 28.1. The van der Waals surface area contributed by atoms with Crippen LogP contribution in [-0.4, -0.2) is 60.2 Å². The number of esters is 1. The first-order chi connectivity index (χ1) is 19.4. The largest absolute Gasteiger partial charge is 0.446 e. The van der Waals surface area contributed by atoms with Gasteiger partial charge in [0.05, 0.1) is 17.3 Å². The van der Waals surface area contributed by atoms with Crippen molar-refractivity contribution in [2.75, 3.05) is 26.2 Å². The molecule has 8 heteroatoms. The SMILES string of the molecule is CCCCCCC(C)C(=O)OC1NCC12CN(Cc1ccccc1)CC2C(=O)N1C(=O)OC[C@H]1c1ccccc1. The van der Waals surface area contributed by atoms with Crippen LogP contribution < -0.4 is 5.32 Å². The first-order valence-electron chi connectivity index (χ1n) is 14.7. The molecule has 3 fully saturated rings. The fourth-order valence-corrected chi connectivity index (χ4v) is 6.35. The Morgan fingerprint density at radius 2 is 1.80 bits per heavy atom. The molecule has 5 rings (SSSR count). The van der Waals surface area contributed by atoms with E-state index in [9.17, 15) is 14.4 Å². The summed E-state index contributed by atoms with van der Waals surface area (Å²) in [6.45, 7) is 6.50. The molecule has 1 N–H and O–H groups in total. The van der Waals surface area contributed by atoms with E-state index in [-0.39, 0.29) is 24.4 Å². The number of nitrogens with zero attached hydrogens (tertiary/aromatic N) is 2. The van der Waals surface area contributed by atoms with Crippen LogP contribution >= 0.6 is 0 Å². The summed E-state index contributed by atoms with van der Waals surface area (Å²) in [4.78, 5) is 43.8. The van der Waals surface area contributed by atoms with Gasteiger partial charge < -0.3 is 9.47 Å². The molecule has 0 saturated carbocycles. The van der Waals surface area contributed by atoms with Crippen molar-refractivity contribution < 1.29 is 23.9 Å². The van der Waals surface area contributed by atoms with Crippen LogP contribution in [0.3, 0.4) is 0 Å². The zero-order valence-corrected chi connectivity index (χ0v) is 23.6. The van der Waals surface area contributed by atoms with Gasteiger partial charge in [0.15, 0.2) is 6.23 Å². The lowest BCUT2D eigenvalue weighted by atomic mass is 9.70. The monoisotopic (exact) mass is 547 g/mol. The summed E-state index contributed by atoms with van der Waals surface area (Å²) in [6.07, 6.45) is 4.02. The maximum atomic E-state index is 14.2. The first-order valence-corrected chi connectivity index (χ1v) is 14.7. The van der Waals surface area contributed by atoms with Gasteiger partial charge in [-0.05, 0) is 17.5 Å². The average molecular weight is 548 g/mol. The number of imide groups is 1. The van der Waals surface area contributed by atoms with Gasteiger partial charge in [0, 0.05) is 26.2 Å². The number of likely N-dealkylation sites (tertiary alicyclic amines) is 1. The highest BCUT2D eigenvalue weighted by molar-refractivity contribution is 5.96. The van der Waals surface area contributed by atoms with Crippen LogP contribution in [0.1, 0.15) is 63.1 Å². The van der Waals surface area contributed by atoms with Crippen LogP contribution in [-0.2, 0) is 25.6 Å². The lowest BCUT2D eigenvalue weighted by molar-refractivity contribution is -0.184. The number of rotatable bonds is 11. The second-order valence-electron chi connectivity index (χ2n) is 11.6. The summed E-state index contributed by atoms with van der Waals surface area (Å²) < 4.78 is 11.4. The molecule has 40 heavy (non-hydrogen) atoms. The van der Waals surface area contributed by atoms with E-state index in [1.165, 1.54) is 11.3 Å². The molecule has 8 nitrogen and oxygen atoms in total. The molecule has 3 heterocycles. The number of benzene rings is 2. The molecule has 1 spiro atoms. The summed E-state index contributed by atoms with van der Waals surface area (Å²) in [5, 5.41) is 3.30. The highest BCUT2D eigenvalue weighted by atomic mass is 16.6. The average Bonchev–Trinajstić information content (AvgIpc) is 3.56. The van der Waals surface area contributed by atoms with Gasteiger partial charge in [0.25, 0.3) is 0 Å². The van der Waals surface area contributed by atoms with E-state index >= 15 is 0 Å². The van der Waals surface area contributed by atoms with Gasteiger partial charge in [0.1, 0.15) is 12.6 Å². The maximum absolute atomic E-state index is 14.2. The molecule has 3 aliphatic heterocycles. The summed E-state index contributed by atoms with van der Waals surface area (Å²) in [5.41, 5.74) is 1.39. The van der Waals surface area contributed by atoms with Gasteiger partial charge in [-0.3, -0.25) is 19.8 Å². The second kappa shape index (κ2) is 12.5. The minimum Gasteiger partial charge on any atom is -0.446 e. The Bertz CT molecular complexity index is 1180. The number of amides is 2. The zero-order valence-electron chi connectivity index (χ0n) is 23.6. The van der Waals surface area contributed by atoms with Crippen molar-refractivity contribution in [3.05, 3.63) is 71.8 Å². The van der Waals surface area contributed by atoms with Crippen molar-refractivity contribution in [3.8, 4) is 0 Å². The molecular weight excluding hydrogens is 506 g/mol. The van der Waals surface area contributed by atoms with Crippen LogP contribution in [0.25, 0.3) is 0 Å². The summed E-state index contributed by atoms with van der Waals surface area (Å²) in [7, 11) is 0. The van der Waals surface area contributed by atoms with Gasteiger partial charge in [0.2, 0.25) is 5.91 Å². The number of carbonyl (C=O) groups excluding carboxylic acids is 3. The third kappa shape index (κ3) is 5.79. The van der Waals surface area contributed by atoms with E-state index in [4.69, 9.17) is 9.47 Å². The molecule has 2 amide bonds. The normalized spacial score (nSPS) is 26.9. The van der Waals surface area contributed by atoms with E-state index in [1.54, 1.807) is 0 Å². The highest BCUT2D eigenvalue weighted by Gasteiger charge is 2.63. The molecule has 3 saturated heterocycles. The molecule has 5 atom stereocenters. The molecule has 214 valence electrons. The molecule has 0 aliphatic carbocycles. The smallest absolute Gasteiger partial charge is 0.417 e. The predicted molar refractivity (Wildman–Crippen MR) is 151 cm³/mol. The van der Waals surface area contributed by atoms with Crippen molar-refractivity contribution in [2.45, 2.75) is 64.8 Å². The Morgan fingerprint density at radius 3 is 2.48 bits per heavy atom. The summed E-state index contributed by atoms with van der Waals surface area (Å²) in [5.74, 6) is -1.22. The number of nitrogens with one attached hydrogen (secondary N) is 1. The van der Waals surface area contributed by atoms with Gasteiger partial charge in [-0.25, -0.2) is 9.69 Å². The fraction of sp³-hybridized carbons (Fsp3) is 0.531. The van der Waals surface area contributed by atoms with E-state index in [1.807, 2.05) is 55.5 Å². The van der Waals surface area contributed by atoms with E-state index < -0.39 is 29.7 Å². The molecule has 0 radical (unpaired) electrons. The highest BCUT2D eigenvalue weighted by Crippen LogP contribution is 2.47. The van der Waals surface area contributed by atoms with Crippen LogP contribution in [0.15, 0.2) is 60.7 Å². The van der Waals surface area contributed by atoms with Gasteiger partial charge in [-0.15, -0.1) is 0 Å². The minimum atomic E-state index is -0.617. The summed E-state index contributed by atoms with van der Waals surface area (Å²) >= 11 is 0. The Kier molecular flexibility index (Phi) is 8.86. The molecule has 3 aliphatic rings. The first kappa shape index (κ1) is 28.3. The van der Waals surface area contributed by atoms with Crippen molar-refractivity contribution in [3.63, 3.8) is 0 Å². The minimum absolute atomic E-state index is 0.133. The van der Waals surface area contributed by atoms with E-state index in [0.717, 1.165) is 36.8 Å². The molecule has 0 aromatic heterocycles. The van der Waals surface area contributed by atoms with Crippen LogP contribution in [0.2, 0.25) is 0 Å².